The molecule has 0 radical (unpaired) electrons. The minimum atomic E-state index is -0.403. The Morgan fingerprint density at radius 1 is 1.39 bits per heavy atom. The lowest BCUT2D eigenvalue weighted by Crippen LogP contribution is -2.24. The monoisotopic (exact) mass is 340 g/mol. The van der Waals surface area contributed by atoms with Gasteiger partial charge in [-0.25, -0.2) is 0 Å². The summed E-state index contributed by atoms with van der Waals surface area (Å²) >= 11 is 5.14. The van der Waals surface area contributed by atoms with Gasteiger partial charge >= 0.3 is 0 Å². The van der Waals surface area contributed by atoms with Gasteiger partial charge in [0.25, 0.3) is 5.56 Å². The fourth-order valence-corrected chi connectivity index (χ4v) is 2.70. The summed E-state index contributed by atoms with van der Waals surface area (Å²) in [5.74, 6) is -0.111. The summed E-state index contributed by atoms with van der Waals surface area (Å²) in [6, 6.07) is 0.00849. The second-order valence-electron chi connectivity index (χ2n) is 5.54. The van der Waals surface area contributed by atoms with Crippen molar-refractivity contribution in [3.8, 4) is 5.88 Å². The van der Waals surface area contributed by atoms with Crippen LogP contribution in [0.4, 0.5) is 0 Å². The minimum absolute atomic E-state index is 0.00849. The van der Waals surface area contributed by atoms with Crippen LogP contribution in [-0.4, -0.2) is 52.0 Å². The Bertz CT molecular complexity index is 632. The predicted octanol–water partition coefficient (Wildman–Crippen LogP) is 2.73. The zero-order valence-corrected chi connectivity index (χ0v) is 15.3. The number of nitrogens with one attached hydrogen (secondary N) is 1. The van der Waals surface area contributed by atoms with E-state index in [9.17, 15) is 9.90 Å². The first-order valence-electron chi connectivity index (χ1n) is 8.26. The summed E-state index contributed by atoms with van der Waals surface area (Å²) in [4.78, 5) is 21.2. The highest BCUT2D eigenvalue weighted by atomic mass is 32.1. The number of nitrogens with zero attached hydrogens (tertiary/aromatic N) is 3. The van der Waals surface area contributed by atoms with Crippen molar-refractivity contribution in [1.82, 2.24) is 14.5 Å². The molecule has 1 aromatic heterocycles. The van der Waals surface area contributed by atoms with Crippen molar-refractivity contribution in [3.05, 3.63) is 20.7 Å². The lowest BCUT2D eigenvalue weighted by atomic mass is 10.2. The van der Waals surface area contributed by atoms with Gasteiger partial charge in [-0.2, -0.15) is 0 Å². The molecular weight excluding hydrogens is 312 g/mol. The largest absolute Gasteiger partial charge is 0.494 e. The number of aromatic amines is 1. The Labute approximate surface area is 142 Å². The average molecular weight is 340 g/mol. The van der Waals surface area contributed by atoms with Crippen molar-refractivity contribution in [1.29, 1.82) is 0 Å². The van der Waals surface area contributed by atoms with Gasteiger partial charge in [0.15, 0.2) is 4.77 Å². The van der Waals surface area contributed by atoms with Crippen LogP contribution in [0.5, 0.6) is 5.88 Å². The fraction of sp³-hybridized carbons (Fsp3) is 0.688. The number of aromatic hydroxyl groups is 1. The van der Waals surface area contributed by atoms with E-state index in [0.29, 0.717) is 6.54 Å². The average Bonchev–Trinajstić information content (AvgIpc) is 2.52. The third-order valence-electron chi connectivity index (χ3n) is 4.06. The standard InChI is InChI=1S/C16H28N4O2S/c1-5-12(4)20-15(22)13(14(21)18-16(20)23)11-17-9-8-10-19(6-2)7-3/h11-12,22H,5-10H2,1-4H3,(H,18,21,23)/t12-/m0/s1. The van der Waals surface area contributed by atoms with E-state index in [-0.39, 0.29) is 22.3 Å². The number of hydrogen-bond donors (Lipinski definition) is 2. The van der Waals surface area contributed by atoms with E-state index in [1.807, 2.05) is 13.8 Å². The maximum atomic E-state index is 12.0. The first kappa shape index (κ1) is 19.6. The molecule has 0 saturated carbocycles. The fourth-order valence-electron chi connectivity index (χ4n) is 2.34. The molecule has 0 unspecified atom stereocenters. The van der Waals surface area contributed by atoms with Crippen LogP contribution in [-0.2, 0) is 0 Å². The molecule has 2 N–H and O–H groups in total. The lowest BCUT2D eigenvalue weighted by molar-refractivity contribution is 0.302. The quantitative estimate of drug-likeness (QED) is 0.412. The van der Waals surface area contributed by atoms with E-state index in [1.165, 1.54) is 6.21 Å². The molecule has 0 aliphatic rings. The smallest absolute Gasteiger partial charge is 0.264 e. The van der Waals surface area contributed by atoms with Crippen LogP contribution in [0.25, 0.3) is 0 Å². The number of aliphatic imine (C=N–C) groups is 1. The first-order chi connectivity index (χ1) is 11.0. The summed E-state index contributed by atoms with van der Waals surface area (Å²) in [6.45, 7) is 11.9. The number of rotatable bonds is 9. The van der Waals surface area contributed by atoms with Crippen LogP contribution in [0, 0.1) is 4.77 Å². The van der Waals surface area contributed by atoms with Gasteiger partial charge in [0, 0.05) is 18.8 Å². The van der Waals surface area contributed by atoms with Crippen molar-refractivity contribution < 1.29 is 5.11 Å². The van der Waals surface area contributed by atoms with Crippen LogP contribution >= 0.6 is 12.2 Å². The SMILES string of the molecule is CC[C@H](C)n1c(O)c(C=NCCCN(CC)CC)c(=O)[nH]c1=S. The molecule has 0 amide bonds. The molecule has 1 heterocycles. The van der Waals surface area contributed by atoms with Crippen molar-refractivity contribution >= 4 is 18.4 Å². The topological polar surface area (TPSA) is 73.6 Å². The Hall–Kier alpha value is -1.47. The number of H-pyrrole nitrogens is 1. The van der Waals surface area contributed by atoms with Gasteiger partial charge in [-0.05, 0) is 51.6 Å². The van der Waals surface area contributed by atoms with Gasteiger partial charge in [-0.3, -0.25) is 19.3 Å². The summed E-state index contributed by atoms with van der Waals surface area (Å²) in [7, 11) is 0. The van der Waals surface area contributed by atoms with Crippen LogP contribution in [0.15, 0.2) is 9.79 Å². The molecule has 1 aromatic rings. The van der Waals surface area contributed by atoms with Gasteiger partial charge in [-0.15, -0.1) is 0 Å². The maximum Gasteiger partial charge on any atom is 0.264 e. The van der Waals surface area contributed by atoms with Crippen LogP contribution in [0.2, 0.25) is 0 Å². The van der Waals surface area contributed by atoms with Crippen LogP contribution < -0.4 is 5.56 Å². The zero-order chi connectivity index (χ0) is 17.4. The molecule has 0 spiro atoms. The zero-order valence-electron chi connectivity index (χ0n) is 14.5. The Kier molecular flexibility index (Phi) is 8.19. The molecule has 0 aliphatic heterocycles. The minimum Gasteiger partial charge on any atom is -0.494 e. The molecular formula is C16H28N4O2S. The molecule has 23 heavy (non-hydrogen) atoms. The number of aromatic nitrogens is 2. The third kappa shape index (κ3) is 5.28. The lowest BCUT2D eigenvalue weighted by Gasteiger charge is -2.17. The van der Waals surface area contributed by atoms with Crippen LogP contribution in [0.1, 0.15) is 52.1 Å². The molecule has 1 atom stereocenters. The molecule has 0 saturated heterocycles. The van der Waals surface area contributed by atoms with Crippen molar-refractivity contribution in [2.75, 3.05) is 26.2 Å². The van der Waals surface area contributed by atoms with E-state index >= 15 is 0 Å². The normalized spacial score (nSPS) is 13.1. The van der Waals surface area contributed by atoms with Gasteiger partial charge in [0.1, 0.15) is 5.56 Å². The van der Waals surface area contributed by atoms with Gasteiger partial charge < -0.3 is 10.0 Å². The highest BCUT2D eigenvalue weighted by Crippen LogP contribution is 2.19. The Balaban J connectivity index is 2.86. The van der Waals surface area contributed by atoms with E-state index in [2.05, 4.69) is 28.7 Å². The molecule has 7 heteroatoms. The van der Waals surface area contributed by atoms with Crippen molar-refractivity contribution in [2.24, 2.45) is 4.99 Å². The molecule has 0 aliphatic carbocycles. The summed E-state index contributed by atoms with van der Waals surface area (Å²) in [5.41, 5.74) is -0.235. The second kappa shape index (κ2) is 9.62. The molecule has 0 fully saturated rings. The van der Waals surface area contributed by atoms with E-state index in [1.54, 1.807) is 4.57 Å². The second-order valence-corrected chi connectivity index (χ2v) is 5.93. The van der Waals surface area contributed by atoms with Gasteiger partial charge in [0.05, 0.1) is 0 Å². The van der Waals surface area contributed by atoms with Crippen LogP contribution in [0.3, 0.4) is 0 Å². The Morgan fingerprint density at radius 2 is 2.04 bits per heavy atom. The third-order valence-corrected chi connectivity index (χ3v) is 4.36. The highest BCUT2D eigenvalue weighted by molar-refractivity contribution is 7.71. The van der Waals surface area contributed by atoms with Gasteiger partial charge in [0.2, 0.25) is 5.88 Å². The van der Waals surface area contributed by atoms with E-state index < -0.39 is 5.56 Å². The summed E-state index contributed by atoms with van der Waals surface area (Å²) in [6.07, 6.45) is 3.17. The Morgan fingerprint density at radius 3 is 2.61 bits per heavy atom. The van der Waals surface area contributed by atoms with Crippen molar-refractivity contribution in [2.45, 2.75) is 46.6 Å². The maximum absolute atomic E-state index is 12.0. The summed E-state index contributed by atoms with van der Waals surface area (Å²) in [5, 5.41) is 10.3. The predicted molar refractivity (Wildman–Crippen MR) is 97.4 cm³/mol. The molecule has 0 bridgehead atoms. The molecule has 1 rings (SSSR count). The van der Waals surface area contributed by atoms with Gasteiger partial charge in [-0.1, -0.05) is 20.8 Å². The van der Waals surface area contributed by atoms with E-state index in [4.69, 9.17) is 12.2 Å². The number of hydrogen-bond acceptors (Lipinski definition) is 5. The van der Waals surface area contributed by atoms with E-state index in [0.717, 1.165) is 32.5 Å². The molecule has 6 nitrogen and oxygen atoms in total. The highest BCUT2D eigenvalue weighted by Gasteiger charge is 2.14. The van der Waals surface area contributed by atoms with Crippen molar-refractivity contribution in [3.63, 3.8) is 0 Å². The summed E-state index contributed by atoms with van der Waals surface area (Å²) < 4.78 is 1.80. The molecule has 0 aromatic carbocycles. The first-order valence-corrected chi connectivity index (χ1v) is 8.66. The molecule has 130 valence electrons.